The van der Waals surface area contributed by atoms with Gasteiger partial charge in [0, 0.05) is 4.88 Å². The SMILES string of the molecule is [C-]#[N+]/C(C=O)=C\c1cccs1. The van der Waals surface area contributed by atoms with E-state index in [1.54, 1.807) is 6.08 Å². The molecule has 0 radical (unpaired) electrons. The predicted octanol–water partition coefficient (Wildman–Crippen LogP) is 2.21. The second-order valence-corrected chi connectivity index (χ2v) is 2.79. The van der Waals surface area contributed by atoms with Crippen molar-refractivity contribution in [2.75, 3.05) is 0 Å². The Kier molecular flexibility index (Phi) is 2.59. The molecule has 0 bridgehead atoms. The summed E-state index contributed by atoms with van der Waals surface area (Å²) in [5.74, 6) is 0. The first-order valence-electron chi connectivity index (χ1n) is 2.94. The lowest BCUT2D eigenvalue weighted by Crippen LogP contribution is -1.73. The predicted molar refractivity (Wildman–Crippen MR) is 45.0 cm³/mol. The molecule has 1 heterocycles. The van der Waals surface area contributed by atoms with Crippen LogP contribution in [0.2, 0.25) is 0 Å². The molecular weight excluding hydrogens is 158 g/mol. The maximum absolute atomic E-state index is 10.2. The maximum Gasteiger partial charge on any atom is 0.227 e. The van der Waals surface area contributed by atoms with E-state index in [9.17, 15) is 4.79 Å². The summed E-state index contributed by atoms with van der Waals surface area (Å²) >= 11 is 1.50. The number of allylic oxidation sites excluding steroid dienone is 1. The average molecular weight is 163 g/mol. The lowest BCUT2D eigenvalue weighted by atomic mass is 10.4. The van der Waals surface area contributed by atoms with Crippen molar-refractivity contribution < 1.29 is 4.79 Å². The van der Waals surface area contributed by atoms with Crippen LogP contribution in [0.5, 0.6) is 0 Å². The van der Waals surface area contributed by atoms with Crippen LogP contribution in [-0.2, 0) is 4.79 Å². The van der Waals surface area contributed by atoms with Gasteiger partial charge in [-0.1, -0.05) is 6.07 Å². The molecule has 0 aliphatic carbocycles. The average Bonchev–Trinajstić information content (AvgIpc) is 2.52. The Balaban J connectivity index is 2.90. The lowest BCUT2D eigenvalue weighted by Gasteiger charge is -1.81. The molecular formula is C8H5NOS. The zero-order valence-corrected chi connectivity index (χ0v) is 6.47. The fraction of sp³-hybridized carbons (Fsp3) is 0. The fourth-order valence-electron chi connectivity index (χ4n) is 0.612. The first kappa shape index (κ1) is 7.70. The molecule has 1 rings (SSSR count). The van der Waals surface area contributed by atoms with Gasteiger partial charge in [0.1, 0.15) is 6.29 Å². The van der Waals surface area contributed by atoms with E-state index in [2.05, 4.69) is 4.85 Å². The van der Waals surface area contributed by atoms with Gasteiger partial charge >= 0.3 is 0 Å². The smallest absolute Gasteiger partial charge is 0.227 e. The zero-order chi connectivity index (χ0) is 8.10. The van der Waals surface area contributed by atoms with Gasteiger partial charge in [0.2, 0.25) is 5.70 Å². The van der Waals surface area contributed by atoms with Crippen molar-refractivity contribution in [1.82, 2.24) is 0 Å². The van der Waals surface area contributed by atoms with E-state index in [0.29, 0.717) is 6.29 Å². The monoisotopic (exact) mass is 163 g/mol. The van der Waals surface area contributed by atoms with Gasteiger partial charge in [-0.15, -0.1) is 11.3 Å². The van der Waals surface area contributed by atoms with Gasteiger partial charge in [0.25, 0.3) is 0 Å². The highest BCUT2D eigenvalue weighted by atomic mass is 32.1. The minimum Gasteiger partial charge on any atom is -0.312 e. The molecule has 0 atom stereocenters. The largest absolute Gasteiger partial charge is 0.312 e. The van der Waals surface area contributed by atoms with Crippen molar-refractivity contribution in [3.05, 3.63) is 39.5 Å². The van der Waals surface area contributed by atoms with E-state index in [4.69, 9.17) is 6.57 Å². The number of hydrogen-bond donors (Lipinski definition) is 0. The van der Waals surface area contributed by atoms with E-state index in [0.717, 1.165) is 4.88 Å². The van der Waals surface area contributed by atoms with E-state index in [1.165, 1.54) is 11.3 Å². The Morgan fingerprint density at radius 2 is 2.55 bits per heavy atom. The Bertz CT molecular complexity index is 305. The summed E-state index contributed by atoms with van der Waals surface area (Å²) < 4.78 is 0. The van der Waals surface area contributed by atoms with Gasteiger partial charge in [-0.05, 0) is 17.5 Å². The van der Waals surface area contributed by atoms with Crippen LogP contribution < -0.4 is 0 Å². The number of nitrogens with zero attached hydrogens (tertiary/aromatic N) is 1. The molecule has 0 unspecified atom stereocenters. The first-order chi connectivity index (χ1) is 5.36. The minimum absolute atomic E-state index is 0.146. The molecule has 3 heteroatoms. The molecule has 0 spiro atoms. The van der Waals surface area contributed by atoms with Crippen molar-refractivity contribution in [2.45, 2.75) is 0 Å². The van der Waals surface area contributed by atoms with Crippen LogP contribution >= 0.6 is 11.3 Å². The molecule has 0 amide bonds. The minimum atomic E-state index is 0.146. The van der Waals surface area contributed by atoms with Crippen molar-refractivity contribution in [3.63, 3.8) is 0 Å². The Labute approximate surface area is 68.6 Å². The fourth-order valence-corrected chi connectivity index (χ4v) is 1.27. The van der Waals surface area contributed by atoms with Gasteiger partial charge in [0.05, 0.1) is 6.57 Å². The van der Waals surface area contributed by atoms with Gasteiger partial charge in [-0.25, -0.2) is 4.85 Å². The molecule has 0 N–H and O–H groups in total. The Morgan fingerprint density at radius 3 is 3.00 bits per heavy atom. The molecule has 11 heavy (non-hydrogen) atoms. The quantitative estimate of drug-likeness (QED) is 0.372. The van der Waals surface area contributed by atoms with Gasteiger partial charge in [0.15, 0.2) is 0 Å². The summed E-state index contributed by atoms with van der Waals surface area (Å²) in [6, 6.07) is 3.74. The summed E-state index contributed by atoms with van der Waals surface area (Å²) in [4.78, 5) is 14.1. The number of thiophene rings is 1. The lowest BCUT2D eigenvalue weighted by molar-refractivity contribution is -0.104. The van der Waals surface area contributed by atoms with Crippen LogP contribution in [0.25, 0.3) is 10.9 Å². The summed E-state index contributed by atoms with van der Waals surface area (Å²) in [6.07, 6.45) is 2.14. The third kappa shape index (κ3) is 2.03. The van der Waals surface area contributed by atoms with Crippen molar-refractivity contribution in [2.24, 2.45) is 0 Å². The van der Waals surface area contributed by atoms with E-state index in [-0.39, 0.29) is 5.70 Å². The van der Waals surface area contributed by atoms with Gasteiger partial charge < -0.3 is 4.79 Å². The van der Waals surface area contributed by atoms with Gasteiger partial charge in [-0.2, -0.15) is 0 Å². The number of carbonyl (C=O) groups is 1. The zero-order valence-electron chi connectivity index (χ0n) is 5.65. The molecule has 0 aliphatic rings. The summed E-state index contributed by atoms with van der Waals surface area (Å²) in [7, 11) is 0. The second kappa shape index (κ2) is 3.69. The molecule has 1 aromatic rings. The molecule has 0 saturated heterocycles. The van der Waals surface area contributed by atoms with Gasteiger partial charge in [-0.3, -0.25) is 0 Å². The normalized spacial score (nSPS) is 10.6. The van der Waals surface area contributed by atoms with Crippen molar-refractivity contribution in [3.8, 4) is 0 Å². The van der Waals surface area contributed by atoms with E-state index < -0.39 is 0 Å². The number of rotatable bonds is 2. The third-order valence-corrected chi connectivity index (χ3v) is 1.90. The number of aldehydes is 1. The maximum atomic E-state index is 10.2. The summed E-state index contributed by atoms with van der Waals surface area (Å²) in [5.41, 5.74) is 0.146. The van der Waals surface area contributed by atoms with E-state index >= 15 is 0 Å². The highest BCUT2D eigenvalue weighted by Gasteiger charge is 1.93. The molecule has 0 aliphatic heterocycles. The summed E-state index contributed by atoms with van der Waals surface area (Å²) in [5, 5.41) is 1.90. The highest BCUT2D eigenvalue weighted by Crippen LogP contribution is 2.12. The van der Waals surface area contributed by atoms with Crippen molar-refractivity contribution in [1.29, 1.82) is 0 Å². The van der Waals surface area contributed by atoms with E-state index in [1.807, 2.05) is 17.5 Å². The Morgan fingerprint density at radius 1 is 1.73 bits per heavy atom. The van der Waals surface area contributed by atoms with Crippen LogP contribution in [0.1, 0.15) is 4.88 Å². The molecule has 0 saturated carbocycles. The first-order valence-corrected chi connectivity index (χ1v) is 3.82. The van der Waals surface area contributed by atoms with Crippen molar-refractivity contribution >= 4 is 23.7 Å². The van der Waals surface area contributed by atoms with Crippen LogP contribution in [0.15, 0.2) is 23.2 Å². The number of hydrogen-bond acceptors (Lipinski definition) is 2. The molecule has 2 nitrogen and oxygen atoms in total. The summed E-state index contributed by atoms with van der Waals surface area (Å²) in [6.45, 7) is 6.59. The molecule has 0 aromatic carbocycles. The van der Waals surface area contributed by atoms with Crippen LogP contribution in [0, 0.1) is 6.57 Å². The second-order valence-electron chi connectivity index (χ2n) is 1.81. The Hall–Kier alpha value is -1.40. The van der Waals surface area contributed by atoms with Crippen LogP contribution in [0.4, 0.5) is 0 Å². The topological polar surface area (TPSA) is 21.4 Å². The van der Waals surface area contributed by atoms with Crippen LogP contribution in [-0.4, -0.2) is 6.29 Å². The highest BCUT2D eigenvalue weighted by molar-refractivity contribution is 7.10. The molecule has 0 fully saturated rings. The third-order valence-electron chi connectivity index (χ3n) is 1.08. The van der Waals surface area contributed by atoms with Crippen LogP contribution in [0.3, 0.4) is 0 Å². The number of carbonyl (C=O) groups excluding carboxylic acids is 1. The molecule has 54 valence electrons. The molecule has 1 aromatic heterocycles. The standard InChI is InChI=1S/C8H5NOS/c1-9-7(6-10)5-8-3-2-4-11-8/h2-6H/b7-5-.